The fourth-order valence-corrected chi connectivity index (χ4v) is 4.03. The van der Waals surface area contributed by atoms with Crippen LogP contribution >= 0.6 is 11.6 Å². The number of nitrogens with one attached hydrogen (secondary N) is 2. The van der Waals surface area contributed by atoms with Gasteiger partial charge in [-0.1, -0.05) is 23.7 Å². The van der Waals surface area contributed by atoms with Crippen molar-refractivity contribution in [2.24, 2.45) is 0 Å². The first-order chi connectivity index (χ1) is 16.8. The van der Waals surface area contributed by atoms with Gasteiger partial charge in [0.25, 0.3) is 5.91 Å². The number of aromatic nitrogens is 3. The number of benzene rings is 3. The van der Waals surface area contributed by atoms with Gasteiger partial charge in [0.1, 0.15) is 29.6 Å². The molecule has 174 valence electrons. The molecule has 0 aliphatic carbocycles. The fourth-order valence-electron chi connectivity index (χ4n) is 3.86. The first-order valence-corrected chi connectivity index (χ1v) is 10.8. The van der Waals surface area contributed by atoms with E-state index in [1.165, 1.54) is 36.8 Å². The van der Waals surface area contributed by atoms with Gasteiger partial charge in [-0.2, -0.15) is 0 Å². The summed E-state index contributed by atoms with van der Waals surface area (Å²) < 4.78 is 28.6. The molecule has 1 amide bonds. The predicted molar refractivity (Wildman–Crippen MR) is 133 cm³/mol. The van der Waals surface area contributed by atoms with E-state index in [9.17, 15) is 13.6 Å². The Kier molecular flexibility index (Phi) is 5.62. The van der Waals surface area contributed by atoms with Crippen molar-refractivity contribution in [1.29, 1.82) is 0 Å². The first-order valence-electron chi connectivity index (χ1n) is 10.4. The number of carbonyl (C=O) groups excluding carboxylic acids is 1. The monoisotopic (exact) mass is 490 g/mol. The van der Waals surface area contributed by atoms with Crippen molar-refractivity contribution in [3.8, 4) is 0 Å². The van der Waals surface area contributed by atoms with Gasteiger partial charge in [0.2, 0.25) is 0 Å². The Balaban J connectivity index is 1.58. The van der Waals surface area contributed by atoms with Crippen LogP contribution in [-0.4, -0.2) is 20.9 Å². The van der Waals surface area contributed by atoms with Crippen molar-refractivity contribution in [2.75, 3.05) is 16.4 Å². The average molecular weight is 491 g/mol. The number of anilines is 4. The number of hydrogen-bond acceptors (Lipinski definition) is 6. The van der Waals surface area contributed by atoms with Gasteiger partial charge in [0, 0.05) is 27.4 Å². The molecule has 0 aliphatic rings. The second-order valence-electron chi connectivity index (χ2n) is 7.82. The van der Waals surface area contributed by atoms with Crippen LogP contribution in [0.4, 0.5) is 31.8 Å². The maximum Gasteiger partial charge on any atom is 0.258 e. The minimum Gasteiger partial charge on any atom is -0.383 e. The highest BCUT2D eigenvalue weighted by molar-refractivity contribution is 6.30. The van der Waals surface area contributed by atoms with Crippen LogP contribution in [0.1, 0.15) is 15.9 Å². The highest BCUT2D eigenvalue weighted by Gasteiger charge is 2.18. The van der Waals surface area contributed by atoms with Crippen molar-refractivity contribution in [3.05, 3.63) is 88.8 Å². The quantitative estimate of drug-likeness (QED) is 0.285. The van der Waals surface area contributed by atoms with Gasteiger partial charge < -0.3 is 16.4 Å². The Morgan fingerprint density at radius 1 is 0.971 bits per heavy atom. The van der Waals surface area contributed by atoms with Crippen LogP contribution in [0.25, 0.3) is 21.7 Å². The molecule has 5 aromatic rings. The molecule has 0 saturated carbocycles. The number of nitrogens with two attached hydrogens (primary N) is 1. The second-order valence-corrected chi connectivity index (χ2v) is 8.26. The third-order valence-electron chi connectivity index (χ3n) is 5.55. The molecule has 0 spiro atoms. The Morgan fingerprint density at radius 3 is 2.63 bits per heavy atom. The van der Waals surface area contributed by atoms with Crippen molar-refractivity contribution in [2.45, 2.75) is 6.92 Å². The number of rotatable bonds is 4. The molecule has 2 heterocycles. The Labute approximate surface area is 203 Å². The molecule has 5 rings (SSSR count). The van der Waals surface area contributed by atoms with Crippen LogP contribution in [0.3, 0.4) is 0 Å². The maximum atomic E-state index is 14.3. The van der Waals surface area contributed by atoms with E-state index >= 15 is 0 Å². The van der Waals surface area contributed by atoms with Gasteiger partial charge >= 0.3 is 0 Å². The zero-order chi connectivity index (χ0) is 24.7. The van der Waals surface area contributed by atoms with E-state index in [1.807, 2.05) is 13.0 Å². The molecule has 35 heavy (non-hydrogen) atoms. The van der Waals surface area contributed by atoms with E-state index in [0.717, 1.165) is 11.6 Å². The molecule has 0 atom stereocenters. The summed E-state index contributed by atoms with van der Waals surface area (Å²) in [7, 11) is 0. The minimum absolute atomic E-state index is 0.0129. The number of pyridine rings is 1. The van der Waals surface area contributed by atoms with E-state index in [4.69, 9.17) is 17.3 Å². The zero-order valence-corrected chi connectivity index (χ0v) is 19.0. The largest absolute Gasteiger partial charge is 0.383 e. The molecule has 0 bridgehead atoms. The summed E-state index contributed by atoms with van der Waals surface area (Å²) >= 11 is 6.01. The van der Waals surface area contributed by atoms with Crippen molar-refractivity contribution >= 4 is 62.2 Å². The number of hydrogen-bond donors (Lipinski definition) is 3. The van der Waals surface area contributed by atoms with Gasteiger partial charge in [-0.15, -0.1) is 0 Å². The Morgan fingerprint density at radius 2 is 1.80 bits per heavy atom. The number of aryl methyl sites for hydroxylation is 1. The lowest BCUT2D eigenvalue weighted by molar-refractivity contribution is 0.102. The molecule has 0 saturated heterocycles. The number of amides is 1. The zero-order valence-electron chi connectivity index (χ0n) is 18.2. The normalized spacial score (nSPS) is 11.1. The Bertz CT molecular complexity index is 1640. The standard InChI is InChI=1S/C25H17ClF2N6O/c1-12-2-4-16-15(6-7-30-24(16)33-20-8-13(26)3-5-19(20)28)21(12)34-25(35)18-10-14(27)9-17-22(18)31-11-32-23(17)29/h2-11H,1H3,(H,30,33)(H,34,35)(H2,29,31,32). The Hall–Kier alpha value is -4.37. The summed E-state index contributed by atoms with van der Waals surface area (Å²) in [6.07, 6.45) is 2.75. The van der Waals surface area contributed by atoms with Crippen LogP contribution in [0.5, 0.6) is 0 Å². The molecule has 0 aliphatic heterocycles. The van der Waals surface area contributed by atoms with Crippen LogP contribution in [-0.2, 0) is 0 Å². The van der Waals surface area contributed by atoms with Gasteiger partial charge in [0.15, 0.2) is 0 Å². The van der Waals surface area contributed by atoms with Crippen molar-refractivity contribution in [1.82, 2.24) is 15.0 Å². The molecule has 3 aromatic carbocycles. The van der Waals surface area contributed by atoms with E-state index in [2.05, 4.69) is 25.6 Å². The van der Waals surface area contributed by atoms with Crippen molar-refractivity contribution < 1.29 is 13.6 Å². The third kappa shape index (κ3) is 4.17. The molecule has 2 aromatic heterocycles. The molecule has 7 nitrogen and oxygen atoms in total. The van der Waals surface area contributed by atoms with E-state index in [1.54, 1.807) is 12.1 Å². The summed E-state index contributed by atoms with van der Waals surface area (Å²) in [5.74, 6) is -1.27. The molecule has 0 fully saturated rings. The highest BCUT2D eigenvalue weighted by atomic mass is 35.5. The van der Waals surface area contributed by atoms with Crippen LogP contribution in [0, 0.1) is 18.6 Å². The van der Waals surface area contributed by atoms with Crippen LogP contribution in [0.2, 0.25) is 5.02 Å². The van der Waals surface area contributed by atoms with Crippen LogP contribution in [0.15, 0.2) is 61.1 Å². The summed E-state index contributed by atoms with van der Waals surface area (Å²) in [6, 6.07) is 11.8. The average Bonchev–Trinajstić information content (AvgIpc) is 2.83. The molecular formula is C25H17ClF2N6O. The van der Waals surface area contributed by atoms with Gasteiger partial charge in [-0.05, 0) is 48.9 Å². The number of nitrogens with zero attached hydrogens (tertiary/aromatic N) is 3. The third-order valence-corrected chi connectivity index (χ3v) is 5.79. The SMILES string of the molecule is Cc1ccc2c(Nc3cc(Cl)ccc3F)nccc2c1NC(=O)c1cc(F)cc2c(N)ncnc12. The molecule has 4 N–H and O–H groups in total. The number of carbonyl (C=O) groups is 1. The van der Waals surface area contributed by atoms with Crippen LogP contribution < -0.4 is 16.4 Å². The second kappa shape index (κ2) is 8.77. The van der Waals surface area contributed by atoms with Gasteiger partial charge in [0.05, 0.1) is 22.5 Å². The number of halogens is 3. The topological polar surface area (TPSA) is 106 Å². The number of nitrogen functional groups attached to an aromatic ring is 1. The first kappa shape index (κ1) is 22.4. The molecule has 0 unspecified atom stereocenters. The fraction of sp³-hybridized carbons (Fsp3) is 0.0400. The summed E-state index contributed by atoms with van der Waals surface area (Å²) in [6.45, 7) is 1.82. The van der Waals surface area contributed by atoms with E-state index in [0.29, 0.717) is 27.3 Å². The van der Waals surface area contributed by atoms with Gasteiger partial charge in [-0.25, -0.2) is 23.7 Å². The van der Waals surface area contributed by atoms with Gasteiger partial charge in [-0.3, -0.25) is 4.79 Å². The highest BCUT2D eigenvalue weighted by Crippen LogP contribution is 2.34. The van der Waals surface area contributed by atoms with E-state index in [-0.39, 0.29) is 28.0 Å². The lowest BCUT2D eigenvalue weighted by Gasteiger charge is -2.15. The lowest BCUT2D eigenvalue weighted by atomic mass is 10.0. The summed E-state index contributed by atoms with van der Waals surface area (Å²) in [5, 5.41) is 7.71. The summed E-state index contributed by atoms with van der Waals surface area (Å²) in [4.78, 5) is 25.6. The van der Waals surface area contributed by atoms with E-state index < -0.39 is 17.5 Å². The molecular weight excluding hydrogens is 474 g/mol. The lowest BCUT2D eigenvalue weighted by Crippen LogP contribution is -2.15. The number of fused-ring (bicyclic) bond motifs is 2. The minimum atomic E-state index is -0.641. The molecule has 0 radical (unpaired) electrons. The summed E-state index contributed by atoms with van der Waals surface area (Å²) in [5.41, 5.74) is 7.50. The predicted octanol–water partition coefficient (Wildman–Crippen LogP) is 6.00. The molecule has 10 heteroatoms. The smallest absolute Gasteiger partial charge is 0.258 e. The maximum absolute atomic E-state index is 14.3. The van der Waals surface area contributed by atoms with Crippen molar-refractivity contribution in [3.63, 3.8) is 0 Å².